The fourth-order valence-electron chi connectivity index (χ4n) is 3.41. The van der Waals surface area contributed by atoms with Gasteiger partial charge in [-0.3, -0.25) is 4.79 Å². The Morgan fingerprint density at radius 1 is 1.11 bits per heavy atom. The van der Waals surface area contributed by atoms with Crippen LogP contribution in [0.2, 0.25) is 0 Å². The van der Waals surface area contributed by atoms with E-state index >= 15 is 0 Å². The summed E-state index contributed by atoms with van der Waals surface area (Å²) in [5, 5.41) is 9.20. The van der Waals surface area contributed by atoms with Gasteiger partial charge in [0.1, 0.15) is 0 Å². The fraction of sp³-hybridized carbons (Fsp3) is 0.556. The number of morpholine rings is 1. The minimum absolute atomic E-state index is 0.00410. The van der Waals surface area contributed by atoms with Crippen molar-refractivity contribution < 1.29 is 27.9 Å². The number of rotatable bonds is 6. The minimum Gasteiger partial charge on any atom is -0.480 e. The second-order valence-corrected chi connectivity index (χ2v) is 8.71. The van der Waals surface area contributed by atoms with Gasteiger partial charge in [-0.25, -0.2) is 13.2 Å². The molecule has 0 bridgehead atoms. The molecule has 148 valence electrons. The van der Waals surface area contributed by atoms with Crippen LogP contribution in [0.3, 0.4) is 0 Å². The van der Waals surface area contributed by atoms with E-state index in [0.29, 0.717) is 26.1 Å². The Kier molecular flexibility index (Phi) is 6.13. The number of aryl methyl sites for hydroxylation is 1. The number of carboxylic acids is 1. The van der Waals surface area contributed by atoms with Crippen molar-refractivity contribution in [2.45, 2.75) is 36.6 Å². The molecule has 1 aromatic carbocycles. The van der Waals surface area contributed by atoms with Gasteiger partial charge in [0.25, 0.3) is 0 Å². The molecule has 1 atom stereocenters. The lowest BCUT2D eigenvalue weighted by Crippen LogP contribution is -2.52. The molecule has 8 nitrogen and oxygen atoms in total. The Balaban J connectivity index is 1.60. The van der Waals surface area contributed by atoms with E-state index in [1.807, 2.05) is 0 Å². The standard InChI is InChI=1S/C18H24N2O6S/c21-17(20-11-12-26-13-16(20)18(22)23)8-5-14-3-6-15(7-4-14)27(24,25)19-9-1-2-10-19/h3-4,6-7,16H,1-2,5,8-13H2,(H,22,23). The average molecular weight is 396 g/mol. The van der Waals surface area contributed by atoms with Crippen molar-refractivity contribution in [3.05, 3.63) is 29.8 Å². The lowest BCUT2D eigenvalue weighted by molar-refractivity contribution is -0.158. The molecule has 0 saturated carbocycles. The molecule has 2 aliphatic rings. The van der Waals surface area contributed by atoms with E-state index in [1.54, 1.807) is 24.3 Å². The normalized spacial score (nSPS) is 21.3. The maximum atomic E-state index is 12.5. The van der Waals surface area contributed by atoms with Crippen LogP contribution in [0.5, 0.6) is 0 Å². The van der Waals surface area contributed by atoms with Crippen LogP contribution in [0.1, 0.15) is 24.8 Å². The molecule has 0 spiro atoms. The summed E-state index contributed by atoms with van der Waals surface area (Å²) in [5.74, 6) is -1.31. The number of hydrogen-bond acceptors (Lipinski definition) is 5. The third-order valence-corrected chi connectivity index (χ3v) is 6.90. The van der Waals surface area contributed by atoms with Crippen molar-refractivity contribution in [3.63, 3.8) is 0 Å². The predicted octanol–water partition coefficient (Wildman–Crippen LogP) is 0.716. The van der Waals surface area contributed by atoms with Gasteiger partial charge in [0, 0.05) is 26.1 Å². The molecule has 0 aromatic heterocycles. The van der Waals surface area contributed by atoms with Crippen molar-refractivity contribution in [3.8, 4) is 0 Å². The van der Waals surface area contributed by atoms with Gasteiger partial charge in [0.15, 0.2) is 6.04 Å². The van der Waals surface area contributed by atoms with Gasteiger partial charge in [0.05, 0.1) is 18.1 Å². The summed E-state index contributed by atoms with van der Waals surface area (Å²) in [6, 6.07) is 5.62. The second-order valence-electron chi connectivity index (χ2n) is 6.77. The number of sulfonamides is 1. The minimum atomic E-state index is -3.44. The van der Waals surface area contributed by atoms with Gasteiger partial charge < -0.3 is 14.7 Å². The molecule has 2 fully saturated rings. The molecule has 0 radical (unpaired) electrons. The zero-order valence-corrected chi connectivity index (χ0v) is 15.9. The Labute approximate surface area is 158 Å². The van der Waals surface area contributed by atoms with Gasteiger partial charge in [0.2, 0.25) is 15.9 Å². The number of carbonyl (C=O) groups excluding carboxylic acids is 1. The van der Waals surface area contributed by atoms with Gasteiger partial charge in [-0.05, 0) is 37.0 Å². The zero-order valence-electron chi connectivity index (χ0n) is 15.0. The van der Waals surface area contributed by atoms with Crippen LogP contribution in [-0.4, -0.2) is 73.5 Å². The van der Waals surface area contributed by atoms with E-state index in [9.17, 15) is 23.1 Å². The Hall–Kier alpha value is -1.97. The first-order valence-electron chi connectivity index (χ1n) is 9.09. The van der Waals surface area contributed by atoms with Gasteiger partial charge in [-0.15, -0.1) is 0 Å². The summed E-state index contributed by atoms with van der Waals surface area (Å²) >= 11 is 0. The van der Waals surface area contributed by atoms with Crippen molar-refractivity contribution in [2.24, 2.45) is 0 Å². The highest BCUT2D eigenvalue weighted by Gasteiger charge is 2.32. The Bertz CT molecular complexity index is 787. The molecule has 0 aliphatic carbocycles. The number of aliphatic carboxylic acids is 1. The van der Waals surface area contributed by atoms with Crippen molar-refractivity contribution >= 4 is 21.9 Å². The molecule has 1 aromatic rings. The Morgan fingerprint density at radius 2 is 1.78 bits per heavy atom. The number of ether oxygens (including phenoxy) is 1. The summed E-state index contributed by atoms with van der Waals surface area (Å²) in [6.45, 7) is 1.72. The molecule has 1 N–H and O–H groups in total. The number of benzene rings is 1. The summed E-state index contributed by atoms with van der Waals surface area (Å²) in [5.41, 5.74) is 0.837. The monoisotopic (exact) mass is 396 g/mol. The van der Waals surface area contributed by atoms with E-state index in [4.69, 9.17) is 4.74 Å². The summed E-state index contributed by atoms with van der Waals surface area (Å²) in [6.07, 6.45) is 2.37. The molecule has 3 rings (SSSR count). The van der Waals surface area contributed by atoms with Crippen LogP contribution in [0.4, 0.5) is 0 Å². The van der Waals surface area contributed by atoms with Crippen LogP contribution in [-0.2, 0) is 30.8 Å². The Morgan fingerprint density at radius 3 is 2.41 bits per heavy atom. The van der Waals surface area contributed by atoms with E-state index in [2.05, 4.69) is 0 Å². The number of carbonyl (C=O) groups is 2. The van der Waals surface area contributed by atoms with Crippen LogP contribution >= 0.6 is 0 Å². The predicted molar refractivity (Wildman–Crippen MR) is 96.7 cm³/mol. The topological polar surface area (TPSA) is 104 Å². The SMILES string of the molecule is O=C(O)C1COCCN1C(=O)CCc1ccc(S(=O)(=O)N2CCCC2)cc1. The maximum Gasteiger partial charge on any atom is 0.328 e. The fourth-order valence-corrected chi connectivity index (χ4v) is 4.92. The lowest BCUT2D eigenvalue weighted by Gasteiger charge is -2.32. The molecule has 2 saturated heterocycles. The summed E-state index contributed by atoms with van der Waals surface area (Å²) < 4.78 is 31.7. The van der Waals surface area contributed by atoms with Crippen molar-refractivity contribution in [2.75, 3.05) is 32.8 Å². The van der Waals surface area contributed by atoms with Crippen LogP contribution < -0.4 is 0 Å². The molecule has 27 heavy (non-hydrogen) atoms. The second kappa shape index (κ2) is 8.37. The van der Waals surface area contributed by atoms with Crippen LogP contribution in [0.15, 0.2) is 29.2 Å². The van der Waals surface area contributed by atoms with E-state index < -0.39 is 22.0 Å². The van der Waals surface area contributed by atoms with Crippen molar-refractivity contribution in [1.29, 1.82) is 0 Å². The first-order chi connectivity index (χ1) is 12.9. The highest BCUT2D eigenvalue weighted by atomic mass is 32.2. The van der Waals surface area contributed by atoms with Gasteiger partial charge in [-0.2, -0.15) is 4.31 Å². The van der Waals surface area contributed by atoms with Crippen LogP contribution in [0, 0.1) is 0 Å². The maximum absolute atomic E-state index is 12.5. The quantitative estimate of drug-likeness (QED) is 0.760. The number of hydrogen-bond donors (Lipinski definition) is 1. The molecule has 2 heterocycles. The molecule has 1 amide bonds. The van der Waals surface area contributed by atoms with E-state index in [0.717, 1.165) is 18.4 Å². The molecular weight excluding hydrogens is 372 g/mol. The molecule has 2 aliphatic heterocycles. The van der Waals surface area contributed by atoms with Crippen molar-refractivity contribution in [1.82, 2.24) is 9.21 Å². The number of amides is 1. The van der Waals surface area contributed by atoms with E-state index in [1.165, 1.54) is 9.21 Å². The van der Waals surface area contributed by atoms with Crippen LogP contribution in [0.25, 0.3) is 0 Å². The van der Waals surface area contributed by atoms with E-state index in [-0.39, 0.29) is 30.4 Å². The smallest absolute Gasteiger partial charge is 0.328 e. The van der Waals surface area contributed by atoms with Gasteiger partial charge >= 0.3 is 5.97 Å². The largest absolute Gasteiger partial charge is 0.480 e. The average Bonchev–Trinajstić information content (AvgIpc) is 3.22. The number of carboxylic acid groups (broad SMARTS) is 1. The highest BCUT2D eigenvalue weighted by Crippen LogP contribution is 2.21. The highest BCUT2D eigenvalue weighted by molar-refractivity contribution is 7.89. The molecule has 1 unspecified atom stereocenters. The third kappa shape index (κ3) is 4.48. The first-order valence-corrected chi connectivity index (χ1v) is 10.5. The molecular formula is C18H24N2O6S. The summed E-state index contributed by atoms with van der Waals surface area (Å²) in [7, 11) is -3.44. The van der Waals surface area contributed by atoms with Gasteiger partial charge in [-0.1, -0.05) is 12.1 Å². The number of nitrogens with zero attached hydrogens (tertiary/aromatic N) is 2. The first kappa shape index (κ1) is 19.8. The summed E-state index contributed by atoms with van der Waals surface area (Å²) in [4.78, 5) is 25.2. The lowest BCUT2D eigenvalue weighted by atomic mass is 10.1. The molecule has 9 heteroatoms. The third-order valence-electron chi connectivity index (χ3n) is 4.99. The zero-order chi connectivity index (χ0) is 19.4.